The fraction of sp³-hybridized carbons (Fsp3) is 0.250. The highest BCUT2D eigenvalue weighted by Gasteiger charge is 2.36. The molecule has 0 saturated heterocycles. The van der Waals surface area contributed by atoms with Crippen LogP contribution in [0, 0.1) is 76.2 Å². The molecule has 0 radical (unpaired) electrons. The molecule has 0 spiro atoms. The van der Waals surface area contributed by atoms with Gasteiger partial charge in [0.2, 0.25) is 0 Å². The summed E-state index contributed by atoms with van der Waals surface area (Å²) in [5.41, 5.74) is 37.5. The van der Waals surface area contributed by atoms with Crippen molar-refractivity contribution >= 4 is 44.1 Å². The van der Waals surface area contributed by atoms with Gasteiger partial charge < -0.3 is 0 Å². The first-order valence-electron chi connectivity index (χ1n) is 37.9. The second kappa shape index (κ2) is 31.0. The molecule has 108 heavy (non-hydrogen) atoms. The molecular weight excluding hydrogens is 1320 g/mol. The Morgan fingerprint density at radius 3 is 1.01 bits per heavy atom. The normalized spacial score (nSPS) is 11.4. The Labute approximate surface area is 638 Å². The van der Waals surface area contributed by atoms with Gasteiger partial charge in [0.15, 0.2) is 44.1 Å². The molecule has 0 aliphatic carbocycles. The van der Waals surface area contributed by atoms with Crippen LogP contribution in [0.4, 0.5) is 0 Å². The fourth-order valence-corrected chi connectivity index (χ4v) is 16.1. The summed E-state index contributed by atoms with van der Waals surface area (Å²) in [6.07, 6.45) is 15.4. The van der Waals surface area contributed by atoms with Gasteiger partial charge in [0.25, 0.3) is 23.3 Å². The third kappa shape index (κ3) is 13.5. The Morgan fingerprint density at radius 1 is 0.287 bits per heavy atom. The number of aromatic nitrogens is 12. The van der Waals surface area contributed by atoms with Gasteiger partial charge in [-0.25, -0.2) is 18.3 Å². The average molecular weight is 1430 g/mol. The largest absolute Gasteiger partial charge is 0.296 e. The SMILES string of the molecule is Cc1ccncc1-c1n(-c2ccccc2C(C)C)c2c(C)cccc2[n+]1C.Cc1ccncc1-c1n(-c2ccccc2C)c2c(C)cccc2[n+]1C.Cc1ccncc1-c1n(C)c2cccc(C)c2[n+]1-c1c(C(C)C)cccc1C(C)C.Cc1ccncc1-c1n(C)c2cccc(C)c2[n+]1-c1c(C)cccc1C. The maximum absolute atomic E-state index is 4.48. The van der Waals surface area contributed by atoms with E-state index < -0.39 is 0 Å². The van der Waals surface area contributed by atoms with Crippen molar-refractivity contribution in [1.82, 2.24) is 38.2 Å². The zero-order valence-electron chi connectivity index (χ0n) is 67.0. The van der Waals surface area contributed by atoms with Crippen molar-refractivity contribution in [3.63, 3.8) is 0 Å². The fourth-order valence-electron chi connectivity index (χ4n) is 16.1. The lowest BCUT2D eigenvalue weighted by molar-refractivity contribution is -0.634. The summed E-state index contributed by atoms with van der Waals surface area (Å²) in [6.45, 7) is 37.6. The van der Waals surface area contributed by atoms with Gasteiger partial charge in [-0.15, -0.1) is 0 Å². The lowest BCUT2D eigenvalue weighted by Gasteiger charge is -2.18. The summed E-state index contributed by atoms with van der Waals surface area (Å²) in [4.78, 5) is 17.7. The number of pyridine rings is 4. The predicted octanol–water partition coefficient (Wildman–Crippen LogP) is 20.8. The van der Waals surface area contributed by atoms with Crippen LogP contribution in [-0.4, -0.2) is 38.2 Å². The number of imidazole rings is 4. The Kier molecular flexibility index (Phi) is 21.4. The second-order valence-electron chi connectivity index (χ2n) is 30.2. The van der Waals surface area contributed by atoms with Crippen molar-refractivity contribution in [1.29, 1.82) is 0 Å². The molecule has 0 saturated carbocycles. The van der Waals surface area contributed by atoms with Gasteiger partial charge in [-0.2, -0.15) is 18.3 Å². The lowest BCUT2D eigenvalue weighted by atomic mass is 9.92. The van der Waals surface area contributed by atoms with E-state index in [0.29, 0.717) is 17.8 Å². The molecule has 0 unspecified atom stereocenters. The highest BCUT2D eigenvalue weighted by atomic mass is 15.2. The Hall–Kier alpha value is -11.8. The van der Waals surface area contributed by atoms with Gasteiger partial charge in [0, 0.05) is 88.5 Å². The zero-order chi connectivity index (χ0) is 76.7. The first kappa shape index (κ1) is 74.5. The molecule has 8 aromatic carbocycles. The highest BCUT2D eigenvalue weighted by Crippen LogP contribution is 2.38. The van der Waals surface area contributed by atoms with E-state index in [1.165, 1.54) is 156 Å². The van der Waals surface area contributed by atoms with Gasteiger partial charge in [-0.05, 0) is 194 Å². The van der Waals surface area contributed by atoms with Crippen molar-refractivity contribution in [2.24, 2.45) is 28.2 Å². The molecule has 0 bridgehead atoms. The Bertz CT molecular complexity index is 6020. The van der Waals surface area contributed by atoms with Crippen LogP contribution in [0.25, 0.3) is 112 Å². The topological polar surface area (TPSA) is 86.8 Å². The van der Waals surface area contributed by atoms with Crippen LogP contribution in [0.2, 0.25) is 0 Å². The first-order valence-corrected chi connectivity index (χ1v) is 37.9. The molecule has 0 aliphatic rings. The molecule has 16 aromatic rings. The summed E-state index contributed by atoms with van der Waals surface area (Å²) in [5.74, 6) is 5.96. The smallest absolute Gasteiger partial charge is 0.264 e. The number of fused-ring (bicyclic) bond motifs is 4. The summed E-state index contributed by atoms with van der Waals surface area (Å²) in [6, 6.07) is 65.0. The maximum Gasteiger partial charge on any atom is 0.296 e. The van der Waals surface area contributed by atoms with E-state index in [0.717, 1.165) is 34.2 Å². The summed E-state index contributed by atoms with van der Waals surface area (Å²) >= 11 is 0. The monoisotopic (exact) mass is 1420 g/mol. The molecule has 0 N–H and O–H groups in total. The van der Waals surface area contributed by atoms with Crippen LogP contribution in [0.15, 0.2) is 232 Å². The van der Waals surface area contributed by atoms with Gasteiger partial charge in [0.1, 0.15) is 22.7 Å². The summed E-state index contributed by atoms with van der Waals surface area (Å²) in [5, 5.41) is 0. The summed E-state index contributed by atoms with van der Waals surface area (Å²) in [7, 11) is 8.61. The van der Waals surface area contributed by atoms with Gasteiger partial charge >= 0.3 is 0 Å². The van der Waals surface area contributed by atoms with Crippen LogP contribution in [-0.2, 0) is 28.2 Å². The second-order valence-corrected chi connectivity index (χ2v) is 30.2. The lowest BCUT2D eigenvalue weighted by Crippen LogP contribution is -2.36. The van der Waals surface area contributed by atoms with Crippen LogP contribution < -0.4 is 18.3 Å². The molecule has 12 heteroatoms. The number of hydrogen-bond donors (Lipinski definition) is 0. The van der Waals surface area contributed by atoms with Crippen LogP contribution >= 0.6 is 0 Å². The molecule has 0 atom stereocenters. The minimum atomic E-state index is 0.424. The third-order valence-corrected chi connectivity index (χ3v) is 21.8. The minimum absolute atomic E-state index is 0.424. The molecule has 544 valence electrons. The van der Waals surface area contributed by atoms with Gasteiger partial charge in [0.05, 0.1) is 50.4 Å². The predicted molar refractivity (Wildman–Crippen MR) is 445 cm³/mol. The first-order chi connectivity index (χ1) is 51.9. The van der Waals surface area contributed by atoms with E-state index in [1.54, 1.807) is 0 Å². The van der Waals surface area contributed by atoms with E-state index in [-0.39, 0.29) is 0 Å². The number of nitrogens with zero attached hydrogens (tertiary/aromatic N) is 12. The molecule has 0 aliphatic heterocycles. The number of aryl methyl sites for hydroxylation is 15. The van der Waals surface area contributed by atoms with Crippen LogP contribution in [0.1, 0.15) is 137 Å². The van der Waals surface area contributed by atoms with Gasteiger partial charge in [-0.3, -0.25) is 19.9 Å². The zero-order valence-corrected chi connectivity index (χ0v) is 67.0. The number of hydrogen-bond acceptors (Lipinski definition) is 4. The molecule has 0 amide bonds. The van der Waals surface area contributed by atoms with E-state index >= 15 is 0 Å². The third-order valence-electron chi connectivity index (χ3n) is 21.8. The molecule has 16 rings (SSSR count). The number of para-hydroxylation sites is 8. The molecular formula is C96H104N12+4. The molecule has 8 heterocycles. The number of benzene rings is 8. The van der Waals surface area contributed by atoms with Crippen LogP contribution in [0.3, 0.4) is 0 Å². The van der Waals surface area contributed by atoms with Crippen molar-refractivity contribution in [3.8, 4) is 68.3 Å². The van der Waals surface area contributed by atoms with E-state index in [9.17, 15) is 0 Å². The van der Waals surface area contributed by atoms with Crippen molar-refractivity contribution < 1.29 is 18.3 Å². The summed E-state index contributed by atoms with van der Waals surface area (Å²) < 4.78 is 18.9. The van der Waals surface area contributed by atoms with Crippen molar-refractivity contribution in [2.75, 3.05) is 0 Å². The Morgan fingerprint density at radius 2 is 0.602 bits per heavy atom. The average Bonchev–Trinajstić information content (AvgIpc) is 1.60. The van der Waals surface area contributed by atoms with E-state index in [1.807, 2.05) is 49.6 Å². The highest BCUT2D eigenvalue weighted by molar-refractivity contribution is 5.86. The van der Waals surface area contributed by atoms with Crippen molar-refractivity contribution in [2.45, 2.75) is 135 Å². The van der Waals surface area contributed by atoms with Crippen molar-refractivity contribution in [3.05, 3.63) is 309 Å². The number of rotatable bonds is 11. The van der Waals surface area contributed by atoms with E-state index in [4.69, 9.17) is 0 Å². The molecule has 12 nitrogen and oxygen atoms in total. The standard InChI is InChI=1S/C27H32N3.C24H26N3.C23H24N3.C22H22N3/c1-17(2)21-11-9-12-22(18(3)4)26(21)30-25-20(6)10-8-13-24(25)29(7)27(30)23-16-28-15-14-19(23)5;1-16(2)19-10-6-7-11-21(19)27-23-18(4)9-8-12-22(23)26(5)24(27)20-15-25-14-13-17(20)3;1-15-12-13-24-14-19(15)23-25(5)20-11-7-10-18(4)22(20)26(23)21-16(2)8-6-9-17(21)3;1-15-12-13-23-14-18(15)22-24(4)20-11-7-9-17(3)21(20)25(22)19-10-6-5-8-16(19)2/h8-18H,1-7H3;6-16H,1-5H3;6-14H,1-5H3;5-14H,1-4H3/q4*+1. The van der Waals surface area contributed by atoms with Gasteiger partial charge in [-0.1, -0.05) is 163 Å². The minimum Gasteiger partial charge on any atom is -0.264 e. The maximum atomic E-state index is 4.48. The molecule has 0 fully saturated rings. The Balaban J connectivity index is 0.000000127. The quantitative estimate of drug-likeness (QED) is 0.121. The van der Waals surface area contributed by atoms with E-state index in [2.05, 4.69) is 384 Å². The molecule has 8 aromatic heterocycles. The van der Waals surface area contributed by atoms with Crippen LogP contribution in [0.5, 0.6) is 0 Å².